The minimum absolute atomic E-state index is 0.480. The molecule has 0 aromatic heterocycles. The number of likely N-dealkylation sites (N-methyl/N-ethyl adjacent to an activating group) is 1. The molecule has 1 aliphatic rings. The van der Waals surface area contributed by atoms with Crippen molar-refractivity contribution in [2.24, 2.45) is 0 Å². The highest BCUT2D eigenvalue weighted by atomic mass is 16.1. The number of rotatable bonds is 2. The summed E-state index contributed by atoms with van der Waals surface area (Å²) in [5, 5.41) is 0. The zero-order chi connectivity index (χ0) is 7.40. The van der Waals surface area contributed by atoms with Gasteiger partial charge in [0.2, 0.25) is 6.29 Å². The third kappa shape index (κ3) is 2.08. The van der Waals surface area contributed by atoms with Gasteiger partial charge in [0, 0.05) is 26.2 Å². The van der Waals surface area contributed by atoms with Gasteiger partial charge in [-0.25, -0.2) is 0 Å². The van der Waals surface area contributed by atoms with Crippen LogP contribution in [0.15, 0.2) is 0 Å². The first-order chi connectivity index (χ1) is 4.83. The van der Waals surface area contributed by atoms with E-state index < -0.39 is 0 Å². The molecule has 57 valence electrons. The second-order valence-corrected chi connectivity index (χ2v) is 2.72. The summed E-state index contributed by atoms with van der Waals surface area (Å²) in [7, 11) is 2.10. The molecule has 1 aliphatic heterocycles. The molecule has 0 aromatic carbocycles. The molecule has 3 nitrogen and oxygen atoms in total. The van der Waals surface area contributed by atoms with Crippen LogP contribution in [0.3, 0.4) is 0 Å². The van der Waals surface area contributed by atoms with Gasteiger partial charge >= 0.3 is 0 Å². The molecule has 0 aromatic rings. The zero-order valence-corrected chi connectivity index (χ0v) is 6.34. The van der Waals surface area contributed by atoms with Gasteiger partial charge in [-0.15, -0.1) is 0 Å². The van der Waals surface area contributed by atoms with Crippen molar-refractivity contribution in [3.05, 3.63) is 0 Å². The first-order valence-corrected chi connectivity index (χ1v) is 3.59. The van der Waals surface area contributed by atoms with Gasteiger partial charge in [-0.05, 0) is 7.05 Å². The standard InChI is InChI=1S/C7H13N2O/c1-8-2-4-9(5-3-8)6-7-10/h2-6H2,1H3. The van der Waals surface area contributed by atoms with Crippen molar-refractivity contribution in [3.8, 4) is 0 Å². The van der Waals surface area contributed by atoms with Crippen LogP contribution in [0.25, 0.3) is 0 Å². The number of carbonyl (C=O) groups excluding carboxylic acids is 1. The second-order valence-electron chi connectivity index (χ2n) is 2.72. The van der Waals surface area contributed by atoms with E-state index in [1.54, 1.807) is 0 Å². The van der Waals surface area contributed by atoms with Crippen LogP contribution in [0.5, 0.6) is 0 Å². The molecule has 0 saturated carbocycles. The van der Waals surface area contributed by atoms with E-state index >= 15 is 0 Å². The maximum atomic E-state index is 9.97. The zero-order valence-electron chi connectivity index (χ0n) is 6.34. The molecule has 3 heteroatoms. The van der Waals surface area contributed by atoms with E-state index in [-0.39, 0.29) is 0 Å². The van der Waals surface area contributed by atoms with Gasteiger partial charge in [-0.1, -0.05) is 0 Å². The molecule has 0 atom stereocenters. The third-order valence-corrected chi connectivity index (χ3v) is 1.88. The third-order valence-electron chi connectivity index (χ3n) is 1.88. The van der Waals surface area contributed by atoms with Gasteiger partial charge < -0.3 is 4.90 Å². The van der Waals surface area contributed by atoms with Crippen LogP contribution in [0.4, 0.5) is 0 Å². The molecule has 1 fully saturated rings. The van der Waals surface area contributed by atoms with Crippen LogP contribution in [0, 0.1) is 0 Å². The number of piperazine rings is 1. The molecule has 0 amide bonds. The summed E-state index contributed by atoms with van der Waals surface area (Å²) in [6.45, 7) is 4.63. The maximum Gasteiger partial charge on any atom is 0.213 e. The Morgan fingerprint density at radius 3 is 2.40 bits per heavy atom. The number of hydrogen-bond acceptors (Lipinski definition) is 3. The summed E-state index contributed by atoms with van der Waals surface area (Å²) in [6, 6.07) is 0. The van der Waals surface area contributed by atoms with E-state index in [2.05, 4.69) is 16.8 Å². The lowest BCUT2D eigenvalue weighted by Gasteiger charge is -2.30. The van der Waals surface area contributed by atoms with Gasteiger partial charge in [0.25, 0.3) is 0 Å². The average Bonchev–Trinajstić information content (AvgIpc) is 1.95. The van der Waals surface area contributed by atoms with Gasteiger partial charge in [0.05, 0.1) is 6.54 Å². The van der Waals surface area contributed by atoms with Crippen LogP contribution < -0.4 is 0 Å². The fraction of sp³-hybridized carbons (Fsp3) is 0.857. The fourth-order valence-electron chi connectivity index (χ4n) is 1.10. The topological polar surface area (TPSA) is 23.6 Å². The molecule has 0 spiro atoms. The Morgan fingerprint density at radius 1 is 1.30 bits per heavy atom. The van der Waals surface area contributed by atoms with Crippen molar-refractivity contribution >= 4 is 6.29 Å². The smallest absolute Gasteiger partial charge is 0.213 e. The maximum absolute atomic E-state index is 9.97. The van der Waals surface area contributed by atoms with Crippen molar-refractivity contribution in [3.63, 3.8) is 0 Å². The predicted molar refractivity (Wildman–Crippen MR) is 39.6 cm³/mol. The summed E-state index contributed by atoms with van der Waals surface area (Å²) >= 11 is 0. The highest BCUT2D eigenvalue weighted by Crippen LogP contribution is 1.96. The Balaban J connectivity index is 2.19. The number of hydrogen-bond donors (Lipinski definition) is 0. The lowest BCUT2D eigenvalue weighted by atomic mass is 10.3. The summed E-state index contributed by atoms with van der Waals surface area (Å²) < 4.78 is 0. The van der Waals surface area contributed by atoms with E-state index in [1.165, 1.54) is 0 Å². The van der Waals surface area contributed by atoms with Crippen LogP contribution in [0.1, 0.15) is 0 Å². The van der Waals surface area contributed by atoms with E-state index in [4.69, 9.17) is 0 Å². The molecular formula is C7H13N2O. The molecule has 1 heterocycles. The van der Waals surface area contributed by atoms with E-state index in [1.807, 2.05) is 6.29 Å². The largest absolute Gasteiger partial charge is 0.304 e. The molecule has 1 saturated heterocycles. The molecule has 0 N–H and O–H groups in total. The van der Waals surface area contributed by atoms with Crippen LogP contribution >= 0.6 is 0 Å². The summed E-state index contributed by atoms with van der Waals surface area (Å²) in [5.74, 6) is 0. The van der Waals surface area contributed by atoms with E-state index in [0.717, 1.165) is 26.2 Å². The lowest BCUT2D eigenvalue weighted by molar-refractivity contribution is 0.169. The Bertz CT molecular complexity index is 108. The van der Waals surface area contributed by atoms with Gasteiger partial charge in [-0.3, -0.25) is 9.69 Å². The average molecular weight is 141 g/mol. The monoisotopic (exact) mass is 141 g/mol. The van der Waals surface area contributed by atoms with Crippen molar-refractivity contribution in [1.82, 2.24) is 9.80 Å². The van der Waals surface area contributed by atoms with Crippen LogP contribution in [-0.2, 0) is 4.79 Å². The minimum Gasteiger partial charge on any atom is -0.304 e. The molecule has 1 radical (unpaired) electrons. The highest BCUT2D eigenvalue weighted by Gasteiger charge is 2.12. The van der Waals surface area contributed by atoms with Gasteiger partial charge in [0.1, 0.15) is 0 Å². The fourth-order valence-corrected chi connectivity index (χ4v) is 1.10. The first kappa shape index (κ1) is 7.69. The molecule has 10 heavy (non-hydrogen) atoms. The Hall–Kier alpha value is -0.410. The summed E-state index contributed by atoms with van der Waals surface area (Å²) in [6.07, 6.45) is 1.91. The SMILES string of the molecule is CN1CCN(C[C]=O)CC1. The van der Waals surface area contributed by atoms with Crippen molar-refractivity contribution in [2.45, 2.75) is 0 Å². The minimum atomic E-state index is 0.480. The van der Waals surface area contributed by atoms with Gasteiger partial charge in [0.15, 0.2) is 0 Å². The van der Waals surface area contributed by atoms with Crippen LogP contribution in [0.2, 0.25) is 0 Å². The Morgan fingerprint density at radius 2 is 1.90 bits per heavy atom. The van der Waals surface area contributed by atoms with Crippen molar-refractivity contribution in [2.75, 3.05) is 39.8 Å². The van der Waals surface area contributed by atoms with E-state index in [0.29, 0.717) is 6.54 Å². The molecule has 0 bridgehead atoms. The first-order valence-electron chi connectivity index (χ1n) is 3.59. The molecule has 1 rings (SSSR count). The quantitative estimate of drug-likeness (QED) is 0.510. The van der Waals surface area contributed by atoms with Crippen LogP contribution in [-0.4, -0.2) is 55.9 Å². The Labute approximate surface area is 61.6 Å². The lowest BCUT2D eigenvalue weighted by Crippen LogP contribution is -2.44. The second kappa shape index (κ2) is 3.68. The van der Waals surface area contributed by atoms with Crippen molar-refractivity contribution in [1.29, 1.82) is 0 Å². The van der Waals surface area contributed by atoms with Gasteiger partial charge in [-0.2, -0.15) is 0 Å². The highest BCUT2D eigenvalue weighted by molar-refractivity contribution is 5.53. The normalized spacial score (nSPS) is 22.9. The van der Waals surface area contributed by atoms with E-state index in [9.17, 15) is 4.79 Å². The molecule has 0 unspecified atom stereocenters. The molecular weight excluding hydrogens is 128 g/mol. The predicted octanol–water partition coefficient (Wildman–Crippen LogP) is -0.657. The number of nitrogens with zero attached hydrogens (tertiary/aromatic N) is 2. The van der Waals surface area contributed by atoms with Crippen molar-refractivity contribution < 1.29 is 4.79 Å². The summed E-state index contributed by atoms with van der Waals surface area (Å²) in [4.78, 5) is 14.4. The Kier molecular flexibility index (Phi) is 2.83. The summed E-state index contributed by atoms with van der Waals surface area (Å²) in [5.41, 5.74) is 0. The molecule has 0 aliphatic carbocycles.